The molecule has 1 N–H and O–H groups in total. The molecule has 2 amide bonds. The number of nitrogens with one attached hydrogen (secondary N) is 1. The number of para-hydroxylation sites is 1. The second kappa shape index (κ2) is 7.68. The molecule has 1 fully saturated rings. The normalized spacial score (nSPS) is 15.3. The van der Waals surface area contributed by atoms with Crippen molar-refractivity contribution in [2.75, 3.05) is 27.3 Å². The molecule has 120 valence electrons. The maximum Gasteiger partial charge on any atom is 0.409 e. The number of ether oxygens (including phenoxy) is 2. The van der Waals surface area contributed by atoms with Gasteiger partial charge in [-0.05, 0) is 18.9 Å². The number of methoxy groups -OCH3 is 2. The summed E-state index contributed by atoms with van der Waals surface area (Å²) in [6.07, 6.45) is 0.993. The number of piperidine rings is 1. The third-order valence-electron chi connectivity index (χ3n) is 3.94. The van der Waals surface area contributed by atoms with Gasteiger partial charge in [-0.3, -0.25) is 4.79 Å². The Morgan fingerprint density at radius 1 is 1.23 bits per heavy atom. The number of carbonyl (C=O) groups excluding carboxylic acids is 2. The summed E-state index contributed by atoms with van der Waals surface area (Å²) < 4.78 is 9.96. The first-order valence-corrected chi connectivity index (χ1v) is 7.38. The third-order valence-corrected chi connectivity index (χ3v) is 3.94. The highest BCUT2D eigenvalue weighted by molar-refractivity contribution is 5.79. The molecular formula is C16H22N2O4. The molecule has 6 nitrogen and oxygen atoms in total. The van der Waals surface area contributed by atoms with E-state index in [1.165, 1.54) is 7.11 Å². The van der Waals surface area contributed by atoms with Gasteiger partial charge in [-0.1, -0.05) is 18.2 Å². The van der Waals surface area contributed by atoms with Crippen molar-refractivity contribution in [2.24, 2.45) is 5.92 Å². The third kappa shape index (κ3) is 3.90. The van der Waals surface area contributed by atoms with E-state index in [0.717, 1.165) is 11.3 Å². The van der Waals surface area contributed by atoms with E-state index in [-0.39, 0.29) is 17.9 Å². The number of hydrogen-bond acceptors (Lipinski definition) is 4. The molecule has 1 aliphatic rings. The molecule has 2 rings (SSSR count). The monoisotopic (exact) mass is 306 g/mol. The van der Waals surface area contributed by atoms with E-state index in [4.69, 9.17) is 4.74 Å². The van der Waals surface area contributed by atoms with Crippen LogP contribution in [0.2, 0.25) is 0 Å². The van der Waals surface area contributed by atoms with Crippen molar-refractivity contribution in [1.29, 1.82) is 0 Å². The van der Waals surface area contributed by atoms with Crippen LogP contribution in [-0.2, 0) is 16.1 Å². The zero-order valence-electron chi connectivity index (χ0n) is 13.0. The van der Waals surface area contributed by atoms with E-state index in [1.54, 1.807) is 12.0 Å². The fourth-order valence-electron chi connectivity index (χ4n) is 2.63. The van der Waals surface area contributed by atoms with Crippen LogP contribution in [-0.4, -0.2) is 44.2 Å². The van der Waals surface area contributed by atoms with E-state index < -0.39 is 0 Å². The van der Waals surface area contributed by atoms with Crippen LogP contribution < -0.4 is 10.1 Å². The molecule has 1 heterocycles. The molecule has 1 saturated heterocycles. The molecule has 1 aromatic carbocycles. The first-order valence-electron chi connectivity index (χ1n) is 7.38. The summed E-state index contributed by atoms with van der Waals surface area (Å²) in [5.74, 6) is 0.731. The van der Waals surface area contributed by atoms with E-state index >= 15 is 0 Å². The second-order valence-corrected chi connectivity index (χ2v) is 5.26. The van der Waals surface area contributed by atoms with Gasteiger partial charge in [0, 0.05) is 31.1 Å². The van der Waals surface area contributed by atoms with Gasteiger partial charge in [0.05, 0.1) is 14.2 Å². The Kier molecular flexibility index (Phi) is 5.63. The van der Waals surface area contributed by atoms with Crippen LogP contribution in [0.25, 0.3) is 0 Å². The van der Waals surface area contributed by atoms with E-state index in [9.17, 15) is 9.59 Å². The highest BCUT2D eigenvalue weighted by atomic mass is 16.5. The Bertz CT molecular complexity index is 525. The first-order chi connectivity index (χ1) is 10.7. The molecular weight excluding hydrogens is 284 g/mol. The van der Waals surface area contributed by atoms with Crippen molar-refractivity contribution in [3.63, 3.8) is 0 Å². The van der Waals surface area contributed by atoms with Crippen LogP contribution in [0.1, 0.15) is 18.4 Å². The van der Waals surface area contributed by atoms with Crippen molar-refractivity contribution in [2.45, 2.75) is 19.4 Å². The summed E-state index contributed by atoms with van der Waals surface area (Å²) >= 11 is 0. The van der Waals surface area contributed by atoms with Gasteiger partial charge in [0.2, 0.25) is 5.91 Å². The van der Waals surface area contributed by atoms with E-state index in [2.05, 4.69) is 10.1 Å². The standard InChI is InChI=1S/C16H22N2O4/c1-21-14-6-4-3-5-13(14)11-17-15(19)12-7-9-18(10-8-12)16(20)22-2/h3-6,12H,7-11H2,1-2H3,(H,17,19). The largest absolute Gasteiger partial charge is 0.496 e. The molecule has 0 atom stereocenters. The Labute approximate surface area is 130 Å². The molecule has 0 bridgehead atoms. The van der Waals surface area contributed by atoms with Gasteiger partial charge in [-0.25, -0.2) is 4.79 Å². The summed E-state index contributed by atoms with van der Waals surface area (Å²) in [5.41, 5.74) is 0.949. The van der Waals surface area contributed by atoms with Crippen molar-refractivity contribution >= 4 is 12.0 Å². The zero-order chi connectivity index (χ0) is 15.9. The minimum atomic E-state index is -0.326. The molecule has 0 saturated carbocycles. The average Bonchev–Trinajstić information content (AvgIpc) is 2.59. The van der Waals surface area contributed by atoms with Gasteiger partial charge in [0.25, 0.3) is 0 Å². The number of nitrogens with zero attached hydrogens (tertiary/aromatic N) is 1. The van der Waals surface area contributed by atoms with Gasteiger partial charge < -0.3 is 19.7 Å². The SMILES string of the molecule is COC(=O)N1CCC(C(=O)NCc2ccccc2OC)CC1. The summed E-state index contributed by atoms with van der Waals surface area (Å²) in [6, 6.07) is 7.61. The van der Waals surface area contributed by atoms with Crippen LogP contribution in [0.15, 0.2) is 24.3 Å². The van der Waals surface area contributed by atoms with Gasteiger partial charge in [-0.2, -0.15) is 0 Å². The molecule has 22 heavy (non-hydrogen) atoms. The maximum absolute atomic E-state index is 12.2. The highest BCUT2D eigenvalue weighted by Crippen LogP contribution is 2.20. The number of amides is 2. The minimum Gasteiger partial charge on any atom is -0.496 e. The summed E-state index contributed by atoms with van der Waals surface area (Å²) in [7, 11) is 2.98. The van der Waals surface area contributed by atoms with Gasteiger partial charge >= 0.3 is 6.09 Å². The first kappa shape index (κ1) is 16.1. The Hall–Kier alpha value is -2.24. The Balaban J connectivity index is 1.82. The molecule has 0 spiro atoms. The average molecular weight is 306 g/mol. The van der Waals surface area contributed by atoms with Crippen molar-refractivity contribution in [3.8, 4) is 5.75 Å². The van der Waals surface area contributed by atoms with Gasteiger partial charge in [0.15, 0.2) is 0 Å². The fraction of sp³-hybridized carbons (Fsp3) is 0.500. The Morgan fingerprint density at radius 3 is 2.55 bits per heavy atom. The van der Waals surface area contributed by atoms with Crippen LogP contribution >= 0.6 is 0 Å². The quantitative estimate of drug-likeness (QED) is 0.921. The summed E-state index contributed by atoms with van der Waals surface area (Å²) in [6.45, 7) is 1.55. The molecule has 6 heteroatoms. The van der Waals surface area contributed by atoms with Crippen LogP contribution in [0, 0.1) is 5.92 Å². The fourth-order valence-corrected chi connectivity index (χ4v) is 2.63. The van der Waals surface area contributed by atoms with E-state index in [1.807, 2.05) is 24.3 Å². The molecule has 1 aromatic rings. The number of carbonyl (C=O) groups is 2. The lowest BCUT2D eigenvalue weighted by Gasteiger charge is -2.30. The zero-order valence-corrected chi connectivity index (χ0v) is 13.0. The van der Waals surface area contributed by atoms with E-state index in [0.29, 0.717) is 32.5 Å². The van der Waals surface area contributed by atoms with Gasteiger partial charge in [-0.15, -0.1) is 0 Å². The summed E-state index contributed by atoms with van der Waals surface area (Å²) in [5, 5.41) is 2.95. The minimum absolute atomic E-state index is 0.0235. The Morgan fingerprint density at radius 2 is 1.91 bits per heavy atom. The molecule has 0 radical (unpaired) electrons. The molecule has 1 aliphatic heterocycles. The van der Waals surface area contributed by atoms with Crippen LogP contribution in [0.3, 0.4) is 0 Å². The molecule has 0 aromatic heterocycles. The van der Waals surface area contributed by atoms with Crippen molar-refractivity contribution in [3.05, 3.63) is 29.8 Å². The van der Waals surface area contributed by atoms with Crippen LogP contribution in [0.5, 0.6) is 5.75 Å². The smallest absolute Gasteiger partial charge is 0.409 e. The number of likely N-dealkylation sites (tertiary alicyclic amines) is 1. The number of benzene rings is 1. The topological polar surface area (TPSA) is 67.9 Å². The van der Waals surface area contributed by atoms with Crippen LogP contribution in [0.4, 0.5) is 4.79 Å². The molecule has 0 unspecified atom stereocenters. The molecule has 0 aliphatic carbocycles. The van der Waals surface area contributed by atoms with Crippen molar-refractivity contribution < 1.29 is 19.1 Å². The second-order valence-electron chi connectivity index (χ2n) is 5.26. The lowest BCUT2D eigenvalue weighted by molar-refractivity contribution is -0.126. The number of rotatable bonds is 4. The predicted octanol–water partition coefficient (Wildman–Crippen LogP) is 1.79. The van der Waals surface area contributed by atoms with Crippen molar-refractivity contribution in [1.82, 2.24) is 10.2 Å². The van der Waals surface area contributed by atoms with Gasteiger partial charge in [0.1, 0.15) is 5.75 Å². The summed E-state index contributed by atoms with van der Waals surface area (Å²) in [4.78, 5) is 25.3. The number of hydrogen-bond donors (Lipinski definition) is 1. The predicted molar refractivity (Wildman–Crippen MR) is 81.5 cm³/mol. The lowest BCUT2D eigenvalue weighted by atomic mass is 9.96. The lowest BCUT2D eigenvalue weighted by Crippen LogP contribution is -2.42. The maximum atomic E-state index is 12.2. The highest BCUT2D eigenvalue weighted by Gasteiger charge is 2.27.